The molecular formula is C12H15N. The Balaban J connectivity index is 2.41. The van der Waals surface area contributed by atoms with Gasteiger partial charge in [0.25, 0.3) is 0 Å². The Morgan fingerprint density at radius 3 is 2.46 bits per heavy atom. The van der Waals surface area contributed by atoms with Crippen LogP contribution in [0.4, 0.5) is 5.69 Å². The lowest BCUT2D eigenvalue weighted by Crippen LogP contribution is -1.86. The molecule has 0 saturated heterocycles. The second-order valence-electron chi connectivity index (χ2n) is 2.95. The van der Waals surface area contributed by atoms with Crippen molar-refractivity contribution in [3.05, 3.63) is 29.8 Å². The van der Waals surface area contributed by atoms with E-state index in [1.807, 2.05) is 12.1 Å². The largest absolute Gasteiger partial charge is 0.399 e. The van der Waals surface area contributed by atoms with Gasteiger partial charge in [-0.1, -0.05) is 19.1 Å². The molecule has 0 aliphatic heterocycles. The van der Waals surface area contributed by atoms with E-state index in [4.69, 9.17) is 5.73 Å². The van der Waals surface area contributed by atoms with Crippen LogP contribution in [-0.4, -0.2) is 0 Å². The maximum absolute atomic E-state index is 5.58. The predicted molar refractivity (Wildman–Crippen MR) is 57.2 cm³/mol. The summed E-state index contributed by atoms with van der Waals surface area (Å²) in [6.45, 7) is 2.07. The second-order valence-corrected chi connectivity index (χ2v) is 2.95. The van der Waals surface area contributed by atoms with Crippen LogP contribution in [0.15, 0.2) is 24.3 Å². The molecule has 0 atom stereocenters. The van der Waals surface area contributed by atoms with Gasteiger partial charge in [-0.25, -0.2) is 0 Å². The van der Waals surface area contributed by atoms with E-state index in [0.717, 1.165) is 24.9 Å². The number of rotatable bonds is 2. The van der Waals surface area contributed by atoms with Crippen LogP contribution in [0.25, 0.3) is 0 Å². The molecule has 0 heterocycles. The van der Waals surface area contributed by atoms with Crippen LogP contribution in [0.2, 0.25) is 0 Å². The van der Waals surface area contributed by atoms with Gasteiger partial charge in [-0.15, -0.1) is 11.8 Å². The van der Waals surface area contributed by atoms with Crippen molar-refractivity contribution in [2.75, 3.05) is 5.73 Å². The summed E-state index contributed by atoms with van der Waals surface area (Å²) in [7, 11) is 0. The van der Waals surface area contributed by atoms with Crippen LogP contribution >= 0.6 is 0 Å². The molecule has 0 radical (unpaired) electrons. The Kier molecular flexibility index (Phi) is 3.92. The number of anilines is 1. The van der Waals surface area contributed by atoms with E-state index < -0.39 is 0 Å². The molecule has 0 spiro atoms. The molecule has 1 nitrogen and oxygen atoms in total. The standard InChI is InChI=1S/C12H15N/c1-2-3-4-5-6-11-7-9-12(13)10-8-11/h7-10H,2,5-6,13H2,1H3. The highest BCUT2D eigenvalue weighted by Crippen LogP contribution is 2.06. The van der Waals surface area contributed by atoms with E-state index in [1.54, 1.807) is 0 Å². The first-order valence-corrected chi connectivity index (χ1v) is 4.63. The van der Waals surface area contributed by atoms with Gasteiger partial charge in [0.2, 0.25) is 0 Å². The lowest BCUT2D eigenvalue weighted by molar-refractivity contribution is 1.03. The highest BCUT2D eigenvalue weighted by atomic mass is 14.5. The number of nitrogen functional groups attached to an aromatic ring is 1. The minimum atomic E-state index is 0.823. The summed E-state index contributed by atoms with van der Waals surface area (Å²) in [4.78, 5) is 0. The molecule has 0 bridgehead atoms. The SMILES string of the molecule is CCC#CCCc1ccc(N)cc1. The topological polar surface area (TPSA) is 26.0 Å². The van der Waals surface area contributed by atoms with Crippen LogP contribution in [-0.2, 0) is 6.42 Å². The lowest BCUT2D eigenvalue weighted by atomic mass is 10.1. The molecular weight excluding hydrogens is 158 g/mol. The first kappa shape index (κ1) is 9.67. The average molecular weight is 173 g/mol. The fraction of sp³-hybridized carbons (Fsp3) is 0.333. The first-order valence-electron chi connectivity index (χ1n) is 4.63. The number of hydrogen-bond acceptors (Lipinski definition) is 1. The van der Waals surface area contributed by atoms with Crippen LogP contribution in [0, 0.1) is 11.8 Å². The number of benzene rings is 1. The Bertz CT molecular complexity index is 300. The zero-order valence-corrected chi connectivity index (χ0v) is 8.01. The molecule has 2 N–H and O–H groups in total. The van der Waals surface area contributed by atoms with Gasteiger partial charge in [-0.05, 0) is 24.1 Å². The number of nitrogens with two attached hydrogens (primary N) is 1. The average Bonchev–Trinajstić information content (AvgIpc) is 2.15. The van der Waals surface area contributed by atoms with Gasteiger partial charge in [-0.3, -0.25) is 0 Å². The van der Waals surface area contributed by atoms with Gasteiger partial charge in [0.05, 0.1) is 0 Å². The van der Waals surface area contributed by atoms with Crippen molar-refractivity contribution in [1.82, 2.24) is 0 Å². The smallest absolute Gasteiger partial charge is 0.0314 e. The Morgan fingerprint density at radius 2 is 1.85 bits per heavy atom. The summed E-state index contributed by atoms with van der Waals surface area (Å²) in [6.07, 6.45) is 2.91. The van der Waals surface area contributed by atoms with Gasteiger partial charge in [0.1, 0.15) is 0 Å². The zero-order valence-electron chi connectivity index (χ0n) is 8.01. The molecule has 0 aromatic heterocycles. The monoisotopic (exact) mass is 173 g/mol. The van der Waals surface area contributed by atoms with Crippen LogP contribution in [0.5, 0.6) is 0 Å². The van der Waals surface area contributed by atoms with Crippen LogP contribution in [0.3, 0.4) is 0 Å². The highest BCUT2D eigenvalue weighted by molar-refractivity contribution is 5.39. The third-order valence-electron chi connectivity index (χ3n) is 1.82. The molecule has 13 heavy (non-hydrogen) atoms. The summed E-state index contributed by atoms with van der Waals surface area (Å²) in [6, 6.07) is 7.98. The molecule has 0 fully saturated rings. The van der Waals surface area contributed by atoms with E-state index in [1.165, 1.54) is 5.56 Å². The Morgan fingerprint density at radius 1 is 1.15 bits per heavy atom. The zero-order chi connectivity index (χ0) is 9.52. The van der Waals surface area contributed by atoms with Crippen molar-refractivity contribution in [3.8, 4) is 11.8 Å². The van der Waals surface area contributed by atoms with Crippen molar-refractivity contribution < 1.29 is 0 Å². The molecule has 0 unspecified atom stereocenters. The summed E-state index contributed by atoms with van der Waals surface area (Å²) in [5.74, 6) is 6.17. The molecule has 0 aliphatic carbocycles. The molecule has 1 aromatic rings. The maximum Gasteiger partial charge on any atom is 0.0314 e. The third kappa shape index (κ3) is 3.66. The summed E-state index contributed by atoms with van der Waals surface area (Å²) >= 11 is 0. The van der Waals surface area contributed by atoms with Crippen molar-refractivity contribution >= 4 is 5.69 Å². The van der Waals surface area contributed by atoms with E-state index in [-0.39, 0.29) is 0 Å². The van der Waals surface area contributed by atoms with Gasteiger partial charge < -0.3 is 5.73 Å². The quantitative estimate of drug-likeness (QED) is 0.540. The fourth-order valence-corrected chi connectivity index (χ4v) is 1.10. The predicted octanol–water partition coefficient (Wildman–Crippen LogP) is 2.61. The summed E-state index contributed by atoms with van der Waals surface area (Å²) < 4.78 is 0. The highest BCUT2D eigenvalue weighted by Gasteiger charge is 1.89. The fourth-order valence-electron chi connectivity index (χ4n) is 1.10. The lowest BCUT2D eigenvalue weighted by Gasteiger charge is -1.97. The maximum atomic E-state index is 5.58. The molecule has 1 rings (SSSR count). The van der Waals surface area contributed by atoms with Crippen molar-refractivity contribution in [1.29, 1.82) is 0 Å². The third-order valence-corrected chi connectivity index (χ3v) is 1.82. The summed E-state index contributed by atoms with van der Waals surface area (Å²) in [5.41, 5.74) is 7.70. The van der Waals surface area contributed by atoms with Gasteiger partial charge in [-0.2, -0.15) is 0 Å². The van der Waals surface area contributed by atoms with Gasteiger partial charge >= 0.3 is 0 Å². The molecule has 0 aliphatic rings. The number of hydrogen-bond donors (Lipinski definition) is 1. The molecule has 68 valence electrons. The van der Waals surface area contributed by atoms with E-state index >= 15 is 0 Å². The van der Waals surface area contributed by atoms with Crippen molar-refractivity contribution in [2.24, 2.45) is 0 Å². The first-order chi connectivity index (χ1) is 6.33. The molecule has 0 saturated carbocycles. The van der Waals surface area contributed by atoms with Gasteiger partial charge in [0, 0.05) is 18.5 Å². The second kappa shape index (κ2) is 5.27. The minimum absolute atomic E-state index is 0.823. The minimum Gasteiger partial charge on any atom is -0.399 e. The van der Waals surface area contributed by atoms with E-state index in [2.05, 4.69) is 30.9 Å². The van der Waals surface area contributed by atoms with Gasteiger partial charge in [0.15, 0.2) is 0 Å². The van der Waals surface area contributed by atoms with Crippen LogP contribution in [0.1, 0.15) is 25.3 Å². The van der Waals surface area contributed by atoms with Crippen LogP contribution < -0.4 is 5.73 Å². The molecule has 0 amide bonds. The molecule has 1 aromatic carbocycles. The Hall–Kier alpha value is -1.42. The van der Waals surface area contributed by atoms with Crippen molar-refractivity contribution in [2.45, 2.75) is 26.2 Å². The van der Waals surface area contributed by atoms with E-state index in [9.17, 15) is 0 Å². The van der Waals surface area contributed by atoms with E-state index in [0.29, 0.717) is 0 Å². The number of aryl methyl sites for hydroxylation is 1. The summed E-state index contributed by atoms with van der Waals surface area (Å²) in [5, 5.41) is 0. The Labute approximate surface area is 80.0 Å². The normalized spacial score (nSPS) is 9.00. The van der Waals surface area contributed by atoms with Crippen molar-refractivity contribution in [3.63, 3.8) is 0 Å². The molecule has 1 heteroatoms.